The standard InChI is InChI=1S/C11H14ClNOS/c1-11(2,8-14)13-15-7-9-3-5-10(12)6-4-9/h3-6,8,13H,7H2,1-2H3. The van der Waals surface area contributed by atoms with Gasteiger partial charge >= 0.3 is 0 Å². The summed E-state index contributed by atoms with van der Waals surface area (Å²) in [4.78, 5) is 10.6. The van der Waals surface area contributed by atoms with Crippen LogP contribution in [0.4, 0.5) is 0 Å². The highest BCUT2D eigenvalue weighted by Crippen LogP contribution is 2.15. The van der Waals surface area contributed by atoms with Gasteiger partial charge in [0.15, 0.2) is 0 Å². The van der Waals surface area contributed by atoms with Crippen LogP contribution in [0.3, 0.4) is 0 Å². The first-order valence-electron chi connectivity index (χ1n) is 4.63. The van der Waals surface area contributed by atoms with Gasteiger partial charge in [0, 0.05) is 10.8 Å². The molecule has 0 fully saturated rings. The second-order valence-electron chi connectivity index (χ2n) is 3.86. The van der Waals surface area contributed by atoms with E-state index in [-0.39, 0.29) is 0 Å². The van der Waals surface area contributed by atoms with E-state index in [1.54, 1.807) is 0 Å². The zero-order chi connectivity index (χ0) is 11.3. The summed E-state index contributed by atoms with van der Waals surface area (Å²) in [5.41, 5.74) is 0.704. The molecule has 2 nitrogen and oxygen atoms in total. The maximum atomic E-state index is 10.6. The Bertz CT molecular complexity index is 324. The zero-order valence-corrected chi connectivity index (χ0v) is 10.4. The molecule has 0 aliphatic heterocycles. The van der Waals surface area contributed by atoms with Gasteiger partial charge in [-0.25, -0.2) is 0 Å². The molecule has 0 aromatic heterocycles. The summed E-state index contributed by atoms with van der Waals surface area (Å²) < 4.78 is 3.09. The van der Waals surface area contributed by atoms with Crippen LogP contribution in [0.1, 0.15) is 19.4 Å². The maximum absolute atomic E-state index is 10.6. The molecule has 0 aliphatic carbocycles. The number of hydrogen-bond acceptors (Lipinski definition) is 3. The van der Waals surface area contributed by atoms with Gasteiger partial charge in [-0.2, -0.15) is 0 Å². The molecule has 0 unspecified atom stereocenters. The summed E-state index contributed by atoms with van der Waals surface area (Å²) in [6, 6.07) is 7.68. The van der Waals surface area contributed by atoms with Crippen LogP contribution in [0.25, 0.3) is 0 Å². The lowest BCUT2D eigenvalue weighted by Crippen LogP contribution is -2.35. The fraction of sp³-hybridized carbons (Fsp3) is 0.364. The van der Waals surface area contributed by atoms with Crippen molar-refractivity contribution in [2.24, 2.45) is 0 Å². The van der Waals surface area contributed by atoms with Crippen molar-refractivity contribution in [3.8, 4) is 0 Å². The fourth-order valence-corrected chi connectivity index (χ4v) is 1.89. The summed E-state index contributed by atoms with van der Waals surface area (Å²) in [5.74, 6) is 0.814. The van der Waals surface area contributed by atoms with E-state index in [2.05, 4.69) is 4.72 Å². The van der Waals surface area contributed by atoms with Crippen LogP contribution < -0.4 is 4.72 Å². The zero-order valence-electron chi connectivity index (χ0n) is 8.79. The molecule has 0 saturated carbocycles. The van der Waals surface area contributed by atoms with Crippen LogP contribution in [0.5, 0.6) is 0 Å². The molecule has 0 atom stereocenters. The van der Waals surface area contributed by atoms with Gasteiger partial charge in [-0.15, -0.1) is 0 Å². The van der Waals surface area contributed by atoms with Gasteiger partial charge in [-0.1, -0.05) is 35.7 Å². The molecule has 0 heterocycles. The van der Waals surface area contributed by atoms with Crippen molar-refractivity contribution in [2.45, 2.75) is 25.1 Å². The molecule has 1 rings (SSSR count). The van der Waals surface area contributed by atoms with Crippen molar-refractivity contribution in [3.05, 3.63) is 34.9 Å². The van der Waals surface area contributed by atoms with E-state index in [0.29, 0.717) is 0 Å². The number of nitrogens with one attached hydrogen (secondary N) is 1. The average Bonchev–Trinajstić information content (AvgIpc) is 2.21. The van der Waals surface area contributed by atoms with Gasteiger partial charge in [0.05, 0.1) is 5.54 Å². The minimum absolute atomic E-state index is 0.475. The average molecular weight is 244 g/mol. The third-order valence-electron chi connectivity index (χ3n) is 1.78. The van der Waals surface area contributed by atoms with E-state index in [0.717, 1.165) is 17.1 Å². The molecule has 0 aliphatic rings. The Morgan fingerprint density at radius 1 is 1.40 bits per heavy atom. The Labute approximate surface area is 99.5 Å². The van der Waals surface area contributed by atoms with Gasteiger partial charge in [0.25, 0.3) is 0 Å². The molecule has 0 radical (unpaired) electrons. The second-order valence-corrected chi connectivity index (χ2v) is 5.07. The van der Waals surface area contributed by atoms with E-state index in [1.165, 1.54) is 17.5 Å². The van der Waals surface area contributed by atoms with Gasteiger partial charge in [0.2, 0.25) is 0 Å². The van der Waals surface area contributed by atoms with E-state index in [4.69, 9.17) is 11.6 Å². The maximum Gasteiger partial charge on any atom is 0.140 e. The monoisotopic (exact) mass is 243 g/mol. The number of benzene rings is 1. The molecule has 1 aromatic rings. The van der Waals surface area contributed by atoms with Crippen LogP contribution in [0.15, 0.2) is 24.3 Å². The van der Waals surface area contributed by atoms with Gasteiger partial charge < -0.3 is 4.79 Å². The molecule has 4 heteroatoms. The Hall–Kier alpha value is -0.510. The largest absolute Gasteiger partial charge is 0.301 e. The molecule has 0 spiro atoms. The highest BCUT2D eigenvalue weighted by Gasteiger charge is 2.14. The first kappa shape index (κ1) is 12.6. The van der Waals surface area contributed by atoms with E-state index in [9.17, 15) is 4.79 Å². The van der Waals surface area contributed by atoms with E-state index in [1.807, 2.05) is 38.1 Å². The van der Waals surface area contributed by atoms with E-state index < -0.39 is 5.54 Å². The molecule has 0 bridgehead atoms. The van der Waals surface area contributed by atoms with Crippen LogP contribution in [0, 0.1) is 0 Å². The molecular weight excluding hydrogens is 230 g/mol. The minimum Gasteiger partial charge on any atom is -0.301 e. The summed E-state index contributed by atoms with van der Waals surface area (Å²) in [6.45, 7) is 3.68. The molecule has 0 saturated heterocycles. The van der Waals surface area contributed by atoms with Crippen molar-refractivity contribution in [2.75, 3.05) is 0 Å². The Morgan fingerprint density at radius 3 is 2.53 bits per heavy atom. The van der Waals surface area contributed by atoms with Crippen molar-refractivity contribution in [3.63, 3.8) is 0 Å². The summed E-state index contributed by atoms with van der Waals surface area (Å²) in [5, 5.41) is 0.741. The quantitative estimate of drug-likeness (QED) is 0.637. The number of rotatable bonds is 5. The van der Waals surface area contributed by atoms with Crippen LogP contribution in [-0.2, 0) is 10.5 Å². The lowest BCUT2D eigenvalue weighted by Gasteiger charge is -2.17. The topological polar surface area (TPSA) is 29.1 Å². The molecule has 15 heavy (non-hydrogen) atoms. The number of hydrogen-bond donors (Lipinski definition) is 1. The highest BCUT2D eigenvalue weighted by atomic mass is 35.5. The summed E-state index contributed by atoms with van der Waals surface area (Å²) in [7, 11) is 0. The lowest BCUT2D eigenvalue weighted by atomic mass is 10.1. The summed E-state index contributed by atoms with van der Waals surface area (Å²) >= 11 is 7.29. The third kappa shape index (κ3) is 4.69. The second kappa shape index (κ2) is 5.54. The molecule has 0 amide bonds. The van der Waals surface area contributed by atoms with Crippen molar-refractivity contribution < 1.29 is 4.79 Å². The van der Waals surface area contributed by atoms with Crippen molar-refractivity contribution in [1.29, 1.82) is 0 Å². The number of aldehydes is 1. The summed E-state index contributed by atoms with van der Waals surface area (Å²) in [6.07, 6.45) is 0.905. The van der Waals surface area contributed by atoms with Gasteiger partial charge in [0.1, 0.15) is 6.29 Å². The fourth-order valence-electron chi connectivity index (χ4n) is 0.910. The Morgan fingerprint density at radius 2 is 2.00 bits per heavy atom. The molecular formula is C11H14ClNOS. The van der Waals surface area contributed by atoms with E-state index >= 15 is 0 Å². The smallest absolute Gasteiger partial charge is 0.140 e. The predicted octanol–water partition coefficient (Wildman–Crippen LogP) is 3.06. The Balaban J connectivity index is 2.38. The molecule has 82 valence electrons. The lowest BCUT2D eigenvalue weighted by molar-refractivity contribution is -0.111. The Kier molecular flexibility index (Phi) is 4.64. The SMILES string of the molecule is CC(C)(C=O)NSCc1ccc(Cl)cc1. The first-order valence-corrected chi connectivity index (χ1v) is 5.99. The first-order chi connectivity index (χ1) is 7.03. The predicted molar refractivity (Wildman–Crippen MR) is 66.0 cm³/mol. The number of carbonyl (C=O) groups is 1. The van der Waals surface area contributed by atoms with Crippen LogP contribution >= 0.6 is 23.5 Å². The molecule has 1 N–H and O–H groups in total. The van der Waals surface area contributed by atoms with Gasteiger partial charge in [-0.3, -0.25) is 4.72 Å². The van der Waals surface area contributed by atoms with Gasteiger partial charge in [-0.05, 0) is 31.5 Å². The van der Waals surface area contributed by atoms with Crippen LogP contribution in [-0.4, -0.2) is 11.8 Å². The normalized spacial score (nSPS) is 11.4. The number of carbonyl (C=O) groups excluding carboxylic acids is 1. The van der Waals surface area contributed by atoms with Crippen LogP contribution in [0.2, 0.25) is 5.02 Å². The highest BCUT2D eigenvalue weighted by molar-refractivity contribution is 7.96. The molecule has 1 aromatic carbocycles. The third-order valence-corrected chi connectivity index (χ3v) is 3.18. The van der Waals surface area contributed by atoms with Crippen molar-refractivity contribution in [1.82, 2.24) is 4.72 Å². The minimum atomic E-state index is -0.475. The van der Waals surface area contributed by atoms with Crippen molar-refractivity contribution >= 4 is 29.8 Å². The number of halogens is 1.